The second kappa shape index (κ2) is 10.8. The lowest BCUT2D eigenvalue weighted by atomic mass is 9.96. The first-order chi connectivity index (χ1) is 18.9. The van der Waals surface area contributed by atoms with Crippen LogP contribution in [0.2, 0.25) is 0 Å². The Morgan fingerprint density at radius 1 is 0.949 bits per heavy atom. The number of aromatic nitrogens is 2. The van der Waals surface area contributed by atoms with E-state index in [4.69, 9.17) is 26.4 Å². The van der Waals surface area contributed by atoms with Gasteiger partial charge < -0.3 is 29.0 Å². The van der Waals surface area contributed by atoms with E-state index in [0.29, 0.717) is 22.2 Å². The Morgan fingerprint density at radius 2 is 1.72 bits per heavy atom. The molecule has 2 aromatic heterocycles. The highest BCUT2D eigenvalue weighted by Crippen LogP contribution is 2.47. The van der Waals surface area contributed by atoms with Gasteiger partial charge in [-0.05, 0) is 74.1 Å². The molecule has 1 fully saturated rings. The van der Waals surface area contributed by atoms with E-state index in [0.717, 1.165) is 34.0 Å². The topological polar surface area (TPSA) is 77.9 Å². The number of nitrogens with zero attached hydrogens (tertiary/aromatic N) is 3. The van der Waals surface area contributed by atoms with E-state index in [1.807, 2.05) is 68.4 Å². The van der Waals surface area contributed by atoms with Gasteiger partial charge in [0.2, 0.25) is 0 Å². The zero-order valence-electron chi connectivity index (χ0n) is 22.5. The van der Waals surface area contributed by atoms with E-state index < -0.39 is 5.97 Å². The number of thiocarbonyl (C=S) groups is 1. The summed E-state index contributed by atoms with van der Waals surface area (Å²) in [6, 6.07) is 20.6. The third-order valence-electron chi connectivity index (χ3n) is 7.08. The predicted molar refractivity (Wildman–Crippen MR) is 154 cm³/mol. The summed E-state index contributed by atoms with van der Waals surface area (Å²) >= 11 is 5.93. The number of rotatable bonds is 7. The monoisotopic (exact) mass is 542 g/mol. The molecule has 0 aliphatic carbocycles. The van der Waals surface area contributed by atoms with E-state index in [-0.39, 0.29) is 12.1 Å². The van der Waals surface area contributed by atoms with Gasteiger partial charge in [-0.15, -0.1) is 0 Å². The van der Waals surface area contributed by atoms with E-state index in [9.17, 15) is 4.79 Å². The van der Waals surface area contributed by atoms with Crippen LogP contribution in [0.15, 0.2) is 72.9 Å². The number of ether oxygens (including phenoxy) is 3. The average Bonchev–Trinajstić information content (AvgIpc) is 3.46. The van der Waals surface area contributed by atoms with Crippen molar-refractivity contribution in [1.29, 1.82) is 0 Å². The maximum absolute atomic E-state index is 12.6. The van der Waals surface area contributed by atoms with Gasteiger partial charge in [0.05, 0.1) is 56.0 Å². The largest absolute Gasteiger partial charge is 0.497 e. The number of esters is 1. The van der Waals surface area contributed by atoms with Crippen molar-refractivity contribution in [2.24, 2.45) is 0 Å². The quantitative estimate of drug-likeness (QED) is 0.243. The first-order valence-electron chi connectivity index (χ1n) is 12.5. The lowest BCUT2D eigenvalue weighted by molar-refractivity contribution is 0.0600. The molecule has 0 unspecified atom stereocenters. The lowest BCUT2D eigenvalue weighted by Gasteiger charge is -2.29. The number of carbonyl (C=O) groups is 1. The molecule has 0 spiro atoms. The Balaban J connectivity index is 1.73. The first kappa shape index (κ1) is 26.2. The minimum absolute atomic E-state index is 0.251. The Kier molecular flexibility index (Phi) is 7.26. The zero-order chi connectivity index (χ0) is 27.7. The molecule has 0 radical (unpaired) electrons. The molecule has 1 N–H and O–H groups in total. The van der Waals surface area contributed by atoms with Crippen LogP contribution in [-0.4, -0.2) is 42.0 Å². The molecule has 8 nitrogen and oxygen atoms in total. The third kappa shape index (κ3) is 4.59. The number of methoxy groups -OCH3 is 3. The summed E-state index contributed by atoms with van der Waals surface area (Å²) in [5, 5.41) is 4.05. The molecule has 2 aromatic carbocycles. The maximum Gasteiger partial charge on any atom is 0.339 e. The molecule has 0 bridgehead atoms. The molecule has 2 atom stereocenters. The minimum Gasteiger partial charge on any atom is -0.497 e. The molecule has 1 saturated heterocycles. The van der Waals surface area contributed by atoms with Crippen LogP contribution in [0.3, 0.4) is 0 Å². The van der Waals surface area contributed by atoms with Crippen molar-refractivity contribution < 1.29 is 19.0 Å². The van der Waals surface area contributed by atoms with Crippen molar-refractivity contribution in [2.45, 2.75) is 25.9 Å². The van der Waals surface area contributed by atoms with Crippen LogP contribution < -0.4 is 19.7 Å². The lowest BCUT2D eigenvalue weighted by Crippen LogP contribution is -2.30. The third-order valence-corrected chi connectivity index (χ3v) is 7.40. The maximum atomic E-state index is 12.6. The Bertz CT molecular complexity index is 1540. The van der Waals surface area contributed by atoms with E-state index in [1.165, 1.54) is 7.11 Å². The first-order valence-corrected chi connectivity index (χ1v) is 12.9. The van der Waals surface area contributed by atoms with Gasteiger partial charge in [0.15, 0.2) is 5.11 Å². The van der Waals surface area contributed by atoms with Crippen LogP contribution in [-0.2, 0) is 4.74 Å². The summed E-state index contributed by atoms with van der Waals surface area (Å²) < 4.78 is 18.5. The molecule has 39 heavy (non-hydrogen) atoms. The van der Waals surface area contributed by atoms with E-state index in [2.05, 4.69) is 25.8 Å². The fourth-order valence-corrected chi connectivity index (χ4v) is 5.66. The highest BCUT2D eigenvalue weighted by Gasteiger charge is 2.43. The highest BCUT2D eigenvalue weighted by molar-refractivity contribution is 7.80. The van der Waals surface area contributed by atoms with Gasteiger partial charge in [-0.2, -0.15) is 0 Å². The molecule has 4 aromatic rings. The predicted octanol–water partition coefficient (Wildman–Crippen LogP) is 5.47. The fourth-order valence-electron chi connectivity index (χ4n) is 5.32. The molecule has 0 saturated carbocycles. The Hall–Kier alpha value is -4.37. The molecule has 0 amide bonds. The van der Waals surface area contributed by atoms with Gasteiger partial charge in [0.25, 0.3) is 0 Å². The van der Waals surface area contributed by atoms with Crippen molar-refractivity contribution in [2.75, 3.05) is 26.2 Å². The summed E-state index contributed by atoms with van der Waals surface area (Å²) in [5.41, 5.74) is 5.83. The van der Waals surface area contributed by atoms with E-state index >= 15 is 0 Å². The van der Waals surface area contributed by atoms with E-state index in [1.54, 1.807) is 26.5 Å². The molecular formula is C30H30N4O4S. The Labute approximate surface area is 233 Å². The fraction of sp³-hybridized carbons (Fsp3) is 0.233. The number of anilines is 1. The van der Waals surface area contributed by atoms with Crippen LogP contribution in [0.4, 0.5) is 5.69 Å². The summed E-state index contributed by atoms with van der Waals surface area (Å²) in [6.07, 6.45) is 1.78. The van der Waals surface area contributed by atoms with Crippen molar-refractivity contribution in [3.8, 4) is 17.2 Å². The number of hydrogen-bond acceptors (Lipinski definition) is 6. The number of pyridine rings is 1. The second-order valence-corrected chi connectivity index (χ2v) is 9.59. The van der Waals surface area contributed by atoms with Crippen molar-refractivity contribution in [3.63, 3.8) is 0 Å². The molecule has 1 aliphatic rings. The molecule has 200 valence electrons. The molecule has 5 rings (SSSR count). The normalized spacial score (nSPS) is 16.6. The number of aryl methyl sites for hydroxylation is 1. The van der Waals surface area contributed by atoms with Crippen LogP contribution in [0.25, 0.3) is 5.69 Å². The van der Waals surface area contributed by atoms with Gasteiger partial charge in [-0.3, -0.25) is 4.98 Å². The van der Waals surface area contributed by atoms with Gasteiger partial charge in [-0.1, -0.05) is 18.2 Å². The summed E-state index contributed by atoms with van der Waals surface area (Å²) in [6.45, 7) is 4.08. The molecule has 9 heteroatoms. The number of carbonyl (C=O) groups excluding carboxylic acids is 1. The summed E-state index contributed by atoms with van der Waals surface area (Å²) in [5.74, 6) is 0.958. The van der Waals surface area contributed by atoms with Crippen molar-refractivity contribution in [3.05, 3.63) is 101 Å². The summed E-state index contributed by atoms with van der Waals surface area (Å²) in [4.78, 5) is 19.4. The minimum atomic E-state index is -0.391. The molecule has 1 aliphatic heterocycles. The zero-order valence-corrected chi connectivity index (χ0v) is 23.3. The van der Waals surface area contributed by atoms with Crippen LogP contribution in [0.5, 0.6) is 11.5 Å². The average molecular weight is 543 g/mol. The number of nitrogens with one attached hydrogen (secondary N) is 1. The SMILES string of the molecule is COC(=O)c1ccccc1-n1c(C)cc([C@H]2[C@H](c3ccccn3)NC(=S)N2c2cc(OC)ccc2OC)c1C. The van der Waals surface area contributed by atoms with Crippen molar-refractivity contribution >= 4 is 29.0 Å². The highest BCUT2D eigenvalue weighted by atomic mass is 32.1. The second-order valence-electron chi connectivity index (χ2n) is 9.20. The van der Waals surface area contributed by atoms with Crippen molar-refractivity contribution in [1.82, 2.24) is 14.9 Å². The number of benzene rings is 2. The standard InChI is InChI=1S/C30H30N4O4S/c1-18-16-22(19(2)33(18)24-12-7-6-10-21(24)29(35)38-5)28-27(23-11-8-9-15-31-23)32-30(39)34(28)25-17-20(36-3)13-14-26(25)37-4/h6-17,27-28H,1-5H3,(H,32,39)/t27-,28-/m0/s1. The van der Waals surface area contributed by atoms with Crippen LogP contribution in [0.1, 0.15) is 45.1 Å². The number of para-hydroxylation sites is 1. The van der Waals surface area contributed by atoms with Gasteiger partial charge >= 0.3 is 5.97 Å². The number of hydrogen-bond donors (Lipinski definition) is 1. The van der Waals surface area contributed by atoms with Gasteiger partial charge in [0.1, 0.15) is 11.5 Å². The summed E-state index contributed by atoms with van der Waals surface area (Å²) in [7, 11) is 4.66. The van der Waals surface area contributed by atoms with Crippen LogP contribution >= 0.6 is 12.2 Å². The molecular weight excluding hydrogens is 512 g/mol. The Morgan fingerprint density at radius 3 is 2.41 bits per heavy atom. The van der Waals surface area contributed by atoms with Gasteiger partial charge in [0, 0.05) is 23.7 Å². The smallest absolute Gasteiger partial charge is 0.339 e. The van der Waals surface area contributed by atoms with Gasteiger partial charge in [-0.25, -0.2) is 4.79 Å². The van der Waals surface area contributed by atoms with Crippen LogP contribution in [0, 0.1) is 13.8 Å². The molecule has 3 heterocycles.